The zero-order valence-electron chi connectivity index (χ0n) is 11.7. The van der Waals surface area contributed by atoms with Gasteiger partial charge in [-0.1, -0.05) is 0 Å². The van der Waals surface area contributed by atoms with Gasteiger partial charge in [0.2, 0.25) is 0 Å². The van der Waals surface area contributed by atoms with E-state index in [-0.39, 0.29) is 0 Å². The lowest BCUT2D eigenvalue weighted by atomic mass is 10.2. The highest BCUT2D eigenvalue weighted by Crippen LogP contribution is 2.29. The van der Waals surface area contributed by atoms with Crippen LogP contribution in [0.1, 0.15) is 25.0 Å². The second kappa shape index (κ2) is 5.02. The Kier molecular flexibility index (Phi) is 3.17. The maximum Gasteiger partial charge on any atom is 0.195 e. The second-order valence-corrected chi connectivity index (χ2v) is 6.65. The maximum atomic E-state index is 5.95. The third-order valence-electron chi connectivity index (χ3n) is 4.65. The van der Waals surface area contributed by atoms with Gasteiger partial charge in [0.15, 0.2) is 10.8 Å². The summed E-state index contributed by atoms with van der Waals surface area (Å²) in [4.78, 5) is 10.9. The van der Waals surface area contributed by atoms with Crippen LogP contribution < -0.4 is 10.6 Å². The van der Waals surface area contributed by atoms with E-state index in [2.05, 4.69) is 25.8 Å². The first-order valence-corrected chi connectivity index (χ1v) is 8.38. The number of hydrogen-bond donors (Lipinski definition) is 1. The molecular weight excluding hydrogens is 270 g/mol. The van der Waals surface area contributed by atoms with Crippen LogP contribution in [0.4, 0.5) is 5.82 Å². The van der Waals surface area contributed by atoms with Crippen LogP contribution in [-0.4, -0.2) is 46.5 Å². The highest BCUT2D eigenvalue weighted by molar-refractivity contribution is 7.15. The molecule has 108 valence electrons. The first-order chi connectivity index (χ1) is 9.86. The molecule has 0 saturated carbocycles. The Labute approximate surface area is 123 Å². The van der Waals surface area contributed by atoms with Crippen molar-refractivity contribution in [3.05, 3.63) is 17.3 Å². The molecule has 2 aliphatic heterocycles. The van der Waals surface area contributed by atoms with Crippen molar-refractivity contribution in [3.63, 3.8) is 0 Å². The molecular formula is C14H21N5S. The predicted octanol–water partition coefficient (Wildman–Crippen LogP) is 1.53. The van der Waals surface area contributed by atoms with Crippen molar-refractivity contribution in [3.8, 4) is 0 Å². The van der Waals surface area contributed by atoms with Crippen molar-refractivity contribution in [2.75, 3.05) is 31.1 Å². The molecule has 0 spiro atoms. The zero-order valence-corrected chi connectivity index (χ0v) is 12.5. The third kappa shape index (κ3) is 1.94. The molecule has 2 aromatic rings. The fraction of sp³-hybridized carbons (Fsp3) is 0.643. The van der Waals surface area contributed by atoms with E-state index in [0.717, 1.165) is 29.6 Å². The summed E-state index contributed by atoms with van der Waals surface area (Å²) in [5.41, 5.74) is 7.11. The fourth-order valence-electron chi connectivity index (χ4n) is 3.60. The average Bonchev–Trinajstić information content (AvgIpc) is 3.21. The van der Waals surface area contributed by atoms with Gasteiger partial charge in [0.1, 0.15) is 0 Å². The molecule has 6 heteroatoms. The lowest BCUT2D eigenvalue weighted by molar-refractivity contribution is 0.260. The number of nitrogens with zero attached hydrogens (tertiary/aromatic N) is 4. The van der Waals surface area contributed by atoms with Crippen LogP contribution in [-0.2, 0) is 6.54 Å². The Morgan fingerprint density at radius 1 is 1.30 bits per heavy atom. The number of anilines is 1. The van der Waals surface area contributed by atoms with Crippen LogP contribution in [0.25, 0.3) is 4.96 Å². The molecule has 4 rings (SSSR count). The van der Waals surface area contributed by atoms with Crippen molar-refractivity contribution in [1.82, 2.24) is 14.3 Å². The monoisotopic (exact) mass is 291 g/mol. The number of hydrogen-bond acceptors (Lipinski definition) is 5. The lowest BCUT2D eigenvalue weighted by Gasteiger charge is -2.24. The largest absolute Gasteiger partial charge is 0.353 e. The predicted molar refractivity (Wildman–Crippen MR) is 82.4 cm³/mol. The van der Waals surface area contributed by atoms with E-state index >= 15 is 0 Å². The van der Waals surface area contributed by atoms with Gasteiger partial charge < -0.3 is 10.6 Å². The molecule has 0 amide bonds. The van der Waals surface area contributed by atoms with Gasteiger partial charge in [-0.05, 0) is 32.4 Å². The second-order valence-electron chi connectivity index (χ2n) is 5.77. The van der Waals surface area contributed by atoms with Crippen LogP contribution in [0.2, 0.25) is 0 Å². The van der Waals surface area contributed by atoms with Crippen LogP contribution in [0, 0.1) is 0 Å². The summed E-state index contributed by atoms with van der Waals surface area (Å²) in [5.74, 6) is 1.11. The molecule has 2 fully saturated rings. The summed E-state index contributed by atoms with van der Waals surface area (Å²) >= 11 is 1.68. The van der Waals surface area contributed by atoms with Crippen molar-refractivity contribution in [2.45, 2.75) is 31.8 Å². The summed E-state index contributed by atoms with van der Waals surface area (Å²) in [6.45, 7) is 5.33. The molecule has 0 bridgehead atoms. The Balaban J connectivity index is 1.58. The minimum Gasteiger partial charge on any atom is -0.353 e. The van der Waals surface area contributed by atoms with E-state index in [4.69, 9.17) is 10.7 Å². The molecule has 2 N–H and O–H groups in total. The van der Waals surface area contributed by atoms with Crippen molar-refractivity contribution < 1.29 is 0 Å². The SMILES string of the molecule is NCc1c(N2CCC(N3CCCC3)C2)nc2sccn12. The van der Waals surface area contributed by atoms with Gasteiger partial charge in [0.25, 0.3) is 0 Å². The van der Waals surface area contributed by atoms with Crippen LogP contribution in [0.3, 0.4) is 0 Å². The quantitative estimate of drug-likeness (QED) is 0.932. The number of rotatable bonds is 3. The summed E-state index contributed by atoms with van der Waals surface area (Å²) in [7, 11) is 0. The van der Waals surface area contributed by atoms with Gasteiger partial charge in [0.05, 0.1) is 5.69 Å². The van der Waals surface area contributed by atoms with Crippen molar-refractivity contribution >= 4 is 22.1 Å². The van der Waals surface area contributed by atoms with E-state index < -0.39 is 0 Å². The zero-order chi connectivity index (χ0) is 13.5. The molecule has 1 unspecified atom stereocenters. The normalized spacial score (nSPS) is 24.2. The smallest absolute Gasteiger partial charge is 0.195 e. The first kappa shape index (κ1) is 12.6. The van der Waals surface area contributed by atoms with Gasteiger partial charge >= 0.3 is 0 Å². The van der Waals surface area contributed by atoms with E-state index in [1.807, 2.05) is 0 Å². The van der Waals surface area contributed by atoms with Gasteiger partial charge in [-0.25, -0.2) is 4.98 Å². The molecule has 0 aromatic carbocycles. The van der Waals surface area contributed by atoms with E-state index in [0.29, 0.717) is 12.6 Å². The molecule has 20 heavy (non-hydrogen) atoms. The fourth-order valence-corrected chi connectivity index (χ4v) is 4.33. The maximum absolute atomic E-state index is 5.95. The third-order valence-corrected chi connectivity index (χ3v) is 5.41. The van der Waals surface area contributed by atoms with E-state index in [9.17, 15) is 0 Å². The molecule has 0 aliphatic carbocycles. The molecule has 2 aliphatic rings. The molecule has 2 saturated heterocycles. The summed E-state index contributed by atoms with van der Waals surface area (Å²) in [6, 6.07) is 0.711. The number of imidazole rings is 1. The molecule has 5 nitrogen and oxygen atoms in total. The van der Waals surface area contributed by atoms with Gasteiger partial charge in [-0.3, -0.25) is 9.30 Å². The number of fused-ring (bicyclic) bond motifs is 1. The molecule has 2 aromatic heterocycles. The summed E-state index contributed by atoms with van der Waals surface area (Å²) in [5, 5.41) is 2.07. The number of nitrogens with two attached hydrogens (primary N) is 1. The minimum atomic E-state index is 0.554. The van der Waals surface area contributed by atoms with Gasteiger partial charge in [0, 0.05) is 37.3 Å². The molecule has 1 atom stereocenters. The summed E-state index contributed by atoms with van der Waals surface area (Å²) in [6.07, 6.45) is 6.07. The van der Waals surface area contributed by atoms with E-state index in [1.165, 1.54) is 32.4 Å². The van der Waals surface area contributed by atoms with Gasteiger partial charge in [-0.15, -0.1) is 11.3 Å². The minimum absolute atomic E-state index is 0.554. The molecule has 4 heterocycles. The standard InChI is InChI=1S/C14H21N5S/c15-9-12-13(16-14-19(12)7-8-20-14)18-6-3-11(10-18)17-4-1-2-5-17/h7-8,11H,1-6,9-10,15H2. The van der Waals surface area contributed by atoms with E-state index in [1.54, 1.807) is 11.3 Å². The lowest BCUT2D eigenvalue weighted by Crippen LogP contribution is -2.35. The Morgan fingerprint density at radius 3 is 2.95 bits per heavy atom. The average molecular weight is 291 g/mol. The highest BCUT2D eigenvalue weighted by Gasteiger charge is 2.31. The highest BCUT2D eigenvalue weighted by atomic mass is 32.1. The topological polar surface area (TPSA) is 49.8 Å². The number of aromatic nitrogens is 2. The van der Waals surface area contributed by atoms with Gasteiger partial charge in [-0.2, -0.15) is 0 Å². The molecule has 0 radical (unpaired) electrons. The van der Waals surface area contributed by atoms with Crippen molar-refractivity contribution in [2.24, 2.45) is 5.73 Å². The Bertz CT molecular complexity index is 598. The first-order valence-electron chi connectivity index (χ1n) is 7.50. The van der Waals surface area contributed by atoms with Crippen molar-refractivity contribution in [1.29, 1.82) is 0 Å². The number of likely N-dealkylation sites (tertiary alicyclic amines) is 1. The van der Waals surface area contributed by atoms with Crippen LogP contribution in [0.5, 0.6) is 0 Å². The Morgan fingerprint density at radius 2 is 2.15 bits per heavy atom. The Hall–Kier alpha value is -1.11. The van der Waals surface area contributed by atoms with Crippen LogP contribution >= 0.6 is 11.3 Å². The number of thiazole rings is 1. The summed E-state index contributed by atoms with van der Waals surface area (Å²) < 4.78 is 2.14. The van der Waals surface area contributed by atoms with Crippen LogP contribution in [0.15, 0.2) is 11.6 Å².